The fourth-order valence-electron chi connectivity index (χ4n) is 4.84. The number of rotatable bonds is 4. The normalized spacial score (nSPS) is 17.2. The van der Waals surface area contributed by atoms with E-state index in [2.05, 4.69) is 27.1 Å². The van der Waals surface area contributed by atoms with Gasteiger partial charge in [0.25, 0.3) is 0 Å². The number of phenolic OH excluding ortho intramolecular Hbond substituents is 1. The van der Waals surface area contributed by atoms with Crippen LogP contribution in [0.4, 0.5) is 16.2 Å². The molecule has 0 atom stereocenters. The number of aromatic nitrogens is 3. The molecule has 0 bridgehead atoms. The Kier molecular flexibility index (Phi) is 5.09. The molecule has 2 aliphatic rings. The fourth-order valence-corrected chi connectivity index (χ4v) is 4.84. The van der Waals surface area contributed by atoms with Gasteiger partial charge in [0.1, 0.15) is 17.4 Å². The molecule has 0 spiro atoms. The van der Waals surface area contributed by atoms with E-state index in [-0.39, 0.29) is 17.6 Å². The van der Waals surface area contributed by atoms with Crippen molar-refractivity contribution >= 4 is 22.8 Å². The smallest absolute Gasteiger partial charge is 0.226 e. The zero-order valence-corrected chi connectivity index (χ0v) is 17.7. The van der Waals surface area contributed by atoms with Gasteiger partial charge in [0.2, 0.25) is 5.95 Å². The number of phenols is 1. The number of fused-ring (bicyclic) bond motifs is 2. The molecule has 2 aromatic heterocycles. The predicted octanol–water partition coefficient (Wildman–Crippen LogP) is 3.33. The van der Waals surface area contributed by atoms with E-state index in [0.717, 1.165) is 61.8 Å². The number of benzene rings is 1. The van der Waals surface area contributed by atoms with Crippen LogP contribution < -0.4 is 11.1 Å². The van der Waals surface area contributed by atoms with Crippen molar-refractivity contribution < 1.29 is 9.50 Å². The van der Waals surface area contributed by atoms with Crippen molar-refractivity contribution in [1.82, 2.24) is 19.9 Å². The second-order valence-electron chi connectivity index (χ2n) is 8.61. The van der Waals surface area contributed by atoms with Crippen LogP contribution in [0.3, 0.4) is 0 Å². The summed E-state index contributed by atoms with van der Waals surface area (Å²) in [5.74, 6) is 0.808. The minimum atomic E-state index is -0.329. The van der Waals surface area contributed by atoms with Crippen molar-refractivity contribution in [2.75, 3.05) is 24.1 Å². The minimum Gasteiger partial charge on any atom is -0.508 e. The van der Waals surface area contributed by atoms with Gasteiger partial charge in [0, 0.05) is 36.9 Å². The Morgan fingerprint density at radius 2 is 2.00 bits per heavy atom. The average molecular weight is 423 g/mol. The number of aromatic hydroxyl groups is 1. The molecule has 8 heteroatoms. The topological polar surface area (TPSA) is 100 Å². The molecule has 1 fully saturated rings. The Hall–Kier alpha value is -3.00. The van der Waals surface area contributed by atoms with E-state index >= 15 is 0 Å². The van der Waals surface area contributed by atoms with Crippen LogP contribution in [-0.2, 0) is 19.4 Å². The molecule has 5 rings (SSSR count). The van der Waals surface area contributed by atoms with Crippen molar-refractivity contribution in [3.63, 3.8) is 0 Å². The van der Waals surface area contributed by atoms with E-state index < -0.39 is 0 Å². The minimum absolute atomic E-state index is 0.135. The SMILES string of the molecule is Cc1c2c(nc3nc(NC4CCN(Cc5cc(F)ccc5O)CC4)nc(N)c13)CCC2. The molecule has 0 unspecified atom stereocenters. The summed E-state index contributed by atoms with van der Waals surface area (Å²) in [6.07, 6.45) is 4.97. The van der Waals surface area contributed by atoms with Crippen LogP contribution in [0, 0.1) is 12.7 Å². The number of hydrogen-bond acceptors (Lipinski definition) is 7. The molecule has 1 aromatic carbocycles. The van der Waals surface area contributed by atoms with Gasteiger partial charge in [-0.05, 0) is 68.4 Å². The average Bonchev–Trinajstić information content (AvgIpc) is 3.21. The van der Waals surface area contributed by atoms with Crippen LogP contribution in [0.1, 0.15) is 41.6 Å². The lowest BCUT2D eigenvalue weighted by atomic mass is 10.0. The van der Waals surface area contributed by atoms with Gasteiger partial charge in [-0.15, -0.1) is 0 Å². The molecular weight excluding hydrogens is 395 g/mol. The maximum Gasteiger partial charge on any atom is 0.226 e. The van der Waals surface area contributed by atoms with Gasteiger partial charge in [0.05, 0.1) is 5.39 Å². The first kappa shape index (κ1) is 19.9. The number of hydrogen-bond donors (Lipinski definition) is 3. The highest BCUT2D eigenvalue weighted by Gasteiger charge is 2.23. The molecule has 3 aromatic rings. The summed E-state index contributed by atoms with van der Waals surface area (Å²) in [5, 5.41) is 14.3. The number of likely N-dealkylation sites (tertiary alicyclic amines) is 1. The predicted molar refractivity (Wildman–Crippen MR) is 118 cm³/mol. The summed E-state index contributed by atoms with van der Waals surface area (Å²) in [6, 6.07) is 4.31. The number of piperidine rings is 1. The summed E-state index contributed by atoms with van der Waals surface area (Å²) < 4.78 is 13.5. The molecule has 0 amide bonds. The van der Waals surface area contributed by atoms with Crippen LogP contribution in [0.5, 0.6) is 5.75 Å². The van der Waals surface area contributed by atoms with Crippen molar-refractivity contribution in [3.05, 3.63) is 46.4 Å². The highest BCUT2D eigenvalue weighted by molar-refractivity contribution is 5.90. The summed E-state index contributed by atoms with van der Waals surface area (Å²) >= 11 is 0. The van der Waals surface area contributed by atoms with Gasteiger partial charge >= 0.3 is 0 Å². The number of pyridine rings is 1. The monoisotopic (exact) mass is 422 g/mol. The molecule has 4 N–H and O–H groups in total. The van der Waals surface area contributed by atoms with Crippen LogP contribution in [0.2, 0.25) is 0 Å². The van der Waals surface area contributed by atoms with E-state index in [9.17, 15) is 9.50 Å². The summed E-state index contributed by atoms with van der Waals surface area (Å²) in [5.41, 5.74) is 11.2. The van der Waals surface area contributed by atoms with Crippen LogP contribution >= 0.6 is 0 Å². The molecule has 0 radical (unpaired) electrons. The Labute approximate surface area is 180 Å². The lowest BCUT2D eigenvalue weighted by Gasteiger charge is -2.32. The summed E-state index contributed by atoms with van der Waals surface area (Å²) in [6.45, 7) is 4.29. The van der Waals surface area contributed by atoms with E-state index in [4.69, 9.17) is 10.7 Å². The first-order valence-corrected chi connectivity index (χ1v) is 10.9. The van der Waals surface area contributed by atoms with E-state index in [1.165, 1.54) is 23.8 Å². The third-order valence-corrected chi connectivity index (χ3v) is 6.53. The quantitative estimate of drug-likeness (QED) is 0.593. The van der Waals surface area contributed by atoms with Crippen LogP contribution in [0.15, 0.2) is 18.2 Å². The zero-order valence-electron chi connectivity index (χ0n) is 17.7. The Morgan fingerprint density at radius 3 is 2.81 bits per heavy atom. The maximum atomic E-state index is 13.5. The zero-order chi connectivity index (χ0) is 21.5. The lowest BCUT2D eigenvalue weighted by Crippen LogP contribution is -2.39. The van der Waals surface area contributed by atoms with Crippen molar-refractivity contribution in [2.24, 2.45) is 0 Å². The van der Waals surface area contributed by atoms with Gasteiger partial charge in [-0.1, -0.05) is 0 Å². The third-order valence-electron chi connectivity index (χ3n) is 6.53. The molecule has 1 aliphatic heterocycles. The third kappa shape index (κ3) is 3.87. The standard InChI is InChI=1S/C23H27FN6O/c1-13-17-3-2-4-18(17)27-22-20(13)21(25)28-23(29-22)26-16-7-9-30(10-8-16)12-14-11-15(24)5-6-19(14)31/h5-6,11,16,31H,2-4,7-10,12H2,1H3,(H3,25,26,27,28,29). The van der Waals surface area contributed by atoms with Gasteiger partial charge < -0.3 is 16.2 Å². The molecular formula is C23H27FN6O. The highest BCUT2D eigenvalue weighted by Crippen LogP contribution is 2.31. The second-order valence-corrected chi connectivity index (χ2v) is 8.61. The van der Waals surface area contributed by atoms with Gasteiger partial charge in [-0.3, -0.25) is 4.90 Å². The number of nitrogen functional groups attached to an aromatic ring is 1. The second kappa shape index (κ2) is 7.92. The Bertz CT molecular complexity index is 1140. The number of halogens is 1. The van der Waals surface area contributed by atoms with Crippen LogP contribution in [-0.4, -0.2) is 44.1 Å². The highest BCUT2D eigenvalue weighted by atomic mass is 19.1. The van der Waals surface area contributed by atoms with Crippen molar-refractivity contribution in [1.29, 1.82) is 0 Å². The summed E-state index contributed by atoms with van der Waals surface area (Å²) in [4.78, 5) is 16.2. The molecule has 3 heterocycles. The molecule has 31 heavy (non-hydrogen) atoms. The summed E-state index contributed by atoms with van der Waals surface area (Å²) in [7, 11) is 0. The number of anilines is 2. The Balaban J connectivity index is 1.27. The van der Waals surface area contributed by atoms with Gasteiger partial charge in [-0.25, -0.2) is 9.37 Å². The number of nitrogens with two attached hydrogens (primary N) is 1. The number of nitrogens with one attached hydrogen (secondary N) is 1. The van der Waals surface area contributed by atoms with Gasteiger partial charge in [0.15, 0.2) is 5.65 Å². The molecule has 162 valence electrons. The van der Waals surface area contributed by atoms with Gasteiger partial charge in [-0.2, -0.15) is 9.97 Å². The van der Waals surface area contributed by atoms with Crippen molar-refractivity contribution in [2.45, 2.75) is 51.6 Å². The molecule has 7 nitrogen and oxygen atoms in total. The number of aryl methyl sites for hydroxylation is 2. The first-order chi connectivity index (χ1) is 15.0. The first-order valence-electron chi connectivity index (χ1n) is 10.9. The molecule has 1 saturated heterocycles. The fraction of sp³-hybridized carbons (Fsp3) is 0.435. The van der Waals surface area contributed by atoms with Crippen molar-refractivity contribution in [3.8, 4) is 5.75 Å². The Morgan fingerprint density at radius 1 is 1.19 bits per heavy atom. The number of nitrogens with zero attached hydrogens (tertiary/aromatic N) is 4. The largest absolute Gasteiger partial charge is 0.508 e. The van der Waals surface area contributed by atoms with E-state index in [1.54, 1.807) is 0 Å². The molecule has 0 saturated carbocycles. The lowest BCUT2D eigenvalue weighted by molar-refractivity contribution is 0.208. The molecule has 1 aliphatic carbocycles. The maximum absolute atomic E-state index is 13.5. The van der Waals surface area contributed by atoms with Crippen LogP contribution in [0.25, 0.3) is 11.0 Å². The van der Waals surface area contributed by atoms with E-state index in [0.29, 0.717) is 29.5 Å². The van der Waals surface area contributed by atoms with E-state index in [1.807, 2.05) is 0 Å².